The van der Waals surface area contributed by atoms with Gasteiger partial charge in [-0.15, -0.1) is 0 Å². The van der Waals surface area contributed by atoms with Gasteiger partial charge in [0.25, 0.3) is 5.69 Å². The lowest BCUT2D eigenvalue weighted by atomic mass is 10.1. The fourth-order valence-electron chi connectivity index (χ4n) is 1.81. The van der Waals surface area contributed by atoms with Crippen LogP contribution >= 0.6 is 12.2 Å². The van der Waals surface area contributed by atoms with Crippen LogP contribution in [0.15, 0.2) is 48.5 Å². The third-order valence-electron chi connectivity index (χ3n) is 3.00. The van der Waals surface area contributed by atoms with Gasteiger partial charge < -0.3 is 5.32 Å². The SMILES string of the molecule is CCc1ccc(NC(=S)NNc2cccc([N+](=O)[O-])c2)cc1. The summed E-state index contributed by atoms with van der Waals surface area (Å²) in [5, 5.41) is 14.1. The van der Waals surface area contributed by atoms with E-state index in [1.807, 2.05) is 24.3 Å². The molecule has 114 valence electrons. The Bertz CT molecular complexity index is 673. The molecule has 6 nitrogen and oxygen atoms in total. The molecule has 22 heavy (non-hydrogen) atoms. The lowest BCUT2D eigenvalue weighted by Crippen LogP contribution is -2.33. The summed E-state index contributed by atoms with van der Waals surface area (Å²) in [4.78, 5) is 10.3. The summed E-state index contributed by atoms with van der Waals surface area (Å²) in [7, 11) is 0. The van der Waals surface area contributed by atoms with E-state index >= 15 is 0 Å². The van der Waals surface area contributed by atoms with Gasteiger partial charge in [-0.2, -0.15) is 0 Å². The number of benzene rings is 2. The molecule has 0 aliphatic rings. The summed E-state index contributed by atoms with van der Waals surface area (Å²) in [6.07, 6.45) is 0.983. The van der Waals surface area contributed by atoms with E-state index in [0.29, 0.717) is 10.8 Å². The number of nitro benzene ring substituents is 1. The number of non-ortho nitro benzene ring substituents is 1. The van der Waals surface area contributed by atoms with Gasteiger partial charge in [-0.25, -0.2) is 0 Å². The Morgan fingerprint density at radius 1 is 1.18 bits per heavy atom. The Balaban J connectivity index is 1.89. The zero-order valence-electron chi connectivity index (χ0n) is 12.0. The minimum absolute atomic E-state index is 0.0147. The molecule has 0 unspecified atom stereocenters. The molecule has 0 aliphatic carbocycles. The number of aryl methyl sites for hydroxylation is 1. The topological polar surface area (TPSA) is 79.2 Å². The predicted molar refractivity (Wildman–Crippen MR) is 91.9 cm³/mol. The van der Waals surface area contributed by atoms with Crippen LogP contribution in [-0.4, -0.2) is 10.0 Å². The Kier molecular flexibility index (Phi) is 5.26. The van der Waals surface area contributed by atoms with Crippen molar-refractivity contribution < 1.29 is 4.92 Å². The second kappa shape index (κ2) is 7.37. The molecule has 0 fully saturated rings. The number of hydrogen-bond acceptors (Lipinski definition) is 4. The Hall–Kier alpha value is -2.67. The molecular weight excluding hydrogens is 300 g/mol. The van der Waals surface area contributed by atoms with E-state index in [1.54, 1.807) is 12.1 Å². The number of rotatable bonds is 5. The average molecular weight is 316 g/mol. The summed E-state index contributed by atoms with van der Waals surface area (Å²) < 4.78 is 0. The second-order valence-corrected chi connectivity index (χ2v) is 4.97. The van der Waals surface area contributed by atoms with Crippen LogP contribution in [0.5, 0.6) is 0 Å². The van der Waals surface area contributed by atoms with E-state index in [1.165, 1.54) is 17.7 Å². The highest BCUT2D eigenvalue weighted by Crippen LogP contribution is 2.16. The first-order valence-corrected chi connectivity index (χ1v) is 7.15. The van der Waals surface area contributed by atoms with Crippen LogP contribution in [0.2, 0.25) is 0 Å². The first-order chi connectivity index (χ1) is 10.6. The number of nitrogens with one attached hydrogen (secondary N) is 3. The second-order valence-electron chi connectivity index (χ2n) is 4.56. The van der Waals surface area contributed by atoms with Crippen molar-refractivity contribution in [3.05, 3.63) is 64.2 Å². The Labute approximate surface area is 133 Å². The van der Waals surface area contributed by atoms with Gasteiger partial charge in [0.2, 0.25) is 0 Å². The minimum atomic E-state index is -0.447. The van der Waals surface area contributed by atoms with Crippen molar-refractivity contribution in [2.24, 2.45) is 0 Å². The van der Waals surface area contributed by atoms with Crippen LogP contribution in [0.25, 0.3) is 0 Å². The van der Waals surface area contributed by atoms with Crippen molar-refractivity contribution in [2.75, 3.05) is 10.7 Å². The molecule has 0 aromatic heterocycles. The number of nitro groups is 1. The number of hydrazine groups is 1. The van der Waals surface area contributed by atoms with Crippen LogP contribution in [0.4, 0.5) is 17.1 Å². The molecular formula is C15H16N4O2S. The summed E-state index contributed by atoms with van der Waals surface area (Å²) in [5.74, 6) is 0. The third kappa shape index (κ3) is 4.42. The highest BCUT2D eigenvalue weighted by molar-refractivity contribution is 7.80. The first-order valence-electron chi connectivity index (χ1n) is 6.75. The monoisotopic (exact) mass is 316 g/mol. The van der Waals surface area contributed by atoms with Crippen molar-refractivity contribution in [3.63, 3.8) is 0 Å². The third-order valence-corrected chi connectivity index (χ3v) is 3.20. The molecule has 7 heteroatoms. The molecule has 0 aliphatic heterocycles. The molecule has 0 atom stereocenters. The van der Waals surface area contributed by atoms with E-state index in [9.17, 15) is 10.1 Å². The molecule has 0 bridgehead atoms. The lowest BCUT2D eigenvalue weighted by Gasteiger charge is -2.12. The van der Waals surface area contributed by atoms with E-state index < -0.39 is 4.92 Å². The van der Waals surface area contributed by atoms with E-state index in [4.69, 9.17) is 12.2 Å². The smallest absolute Gasteiger partial charge is 0.271 e. The summed E-state index contributed by atoms with van der Waals surface area (Å²) in [6.45, 7) is 2.09. The summed E-state index contributed by atoms with van der Waals surface area (Å²) in [5.41, 5.74) is 8.30. The zero-order chi connectivity index (χ0) is 15.9. The molecule has 0 amide bonds. The Morgan fingerprint density at radius 3 is 2.55 bits per heavy atom. The van der Waals surface area contributed by atoms with Gasteiger partial charge in [0, 0.05) is 17.8 Å². The highest BCUT2D eigenvalue weighted by Gasteiger charge is 2.05. The van der Waals surface area contributed by atoms with Crippen LogP contribution in [0.1, 0.15) is 12.5 Å². The number of thiocarbonyl (C=S) groups is 1. The molecule has 0 saturated heterocycles. The number of nitrogens with zero attached hydrogens (tertiary/aromatic N) is 1. The average Bonchev–Trinajstić information content (AvgIpc) is 2.54. The minimum Gasteiger partial charge on any atom is -0.331 e. The standard InChI is InChI=1S/C15H16N4O2S/c1-2-11-6-8-12(9-7-11)16-15(22)18-17-13-4-3-5-14(10-13)19(20)21/h3-10,17H,2H2,1H3,(H2,16,18,22). The molecule has 0 radical (unpaired) electrons. The van der Waals surface area contributed by atoms with Gasteiger partial charge in [0.1, 0.15) is 0 Å². The van der Waals surface area contributed by atoms with Crippen LogP contribution in [0, 0.1) is 10.1 Å². The van der Waals surface area contributed by atoms with E-state index in [2.05, 4.69) is 23.1 Å². The maximum absolute atomic E-state index is 10.7. The maximum atomic E-state index is 10.7. The van der Waals surface area contributed by atoms with Gasteiger partial charge in [-0.3, -0.25) is 21.0 Å². The van der Waals surface area contributed by atoms with E-state index in [0.717, 1.165) is 12.1 Å². The quantitative estimate of drug-likeness (QED) is 0.445. The van der Waals surface area contributed by atoms with Gasteiger partial charge in [-0.05, 0) is 42.4 Å². The van der Waals surface area contributed by atoms with Crippen molar-refractivity contribution >= 4 is 34.4 Å². The molecule has 0 saturated carbocycles. The van der Waals surface area contributed by atoms with Gasteiger partial charge >= 0.3 is 0 Å². The molecule has 0 heterocycles. The number of hydrogen-bond donors (Lipinski definition) is 3. The van der Waals surface area contributed by atoms with E-state index in [-0.39, 0.29) is 5.69 Å². The summed E-state index contributed by atoms with van der Waals surface area (Å²) in [6, 6.07) is 14.1. The Morgan fingerprint density at radius 2 is 1.91 bits per heavy atom. The van der Waals surface area contributed by atoms with Gasteiger partial charge in [0.15, 0.2) is 5.11 Å². The first kappa shape index (κ1) is 15.7. The van der Waals surface area contributed by atoms with Crippen molar-refractivity contribution in [3.8, 4) is 0 Å². The maximum Gasteiger partial charge on any atom is 0.271 e. The molecule has 2 rings (SSSR count). The predicted octanol–water partition coefficient (Wildman–Crippen LogP) is 3.47. The molecule has 0 spiro atoms. The fraction of sp³-hybridized carbons (Fsp3) is 0.133. The molecule has 3 N–H and O–H groups in total. The zero-order valence-corrected chi connectivity index (χ0v) is 12.8. The summed E-state index contributed by atoms with van der Waals surface area (Å²) >= 11 is 5.16. The van der Waals surface area contributed by atoms with Crippen molar-refractivity contribution in [1.82, 2.24) is 5.43 Å². The van der Waals surface area contributed by atoms with Crippen LogP contribution in [0.3, 0.4) is 0 Å². The van der Waals surface area contributed by atoms with Crippen molar-refractivity contribution in [2.45, 2.75) is 13.3 Å². The normalized spacial score (nSPS) is 9.86. The fourth-order valence-corrected chi connectivity index (χ4v) is 1.98. The van der Waals surface area contributed by atoms with Crippen LogP contribution in [-0.2, 0) is 6.42 Å². The highest BCUT2D eigenvalue weighted by atomic mass is 32.1. The largest absolute Gasteiger partial charge is 0.331 e. The molecule has 2 aromatic carbocycles. The van der Waals surface area contributed by atoms with Crippen LogP contribution < -0.4 is 16.2 Å². The van der Waals surface area contributed by atoms with Crippen molar-refractivity contribution in [1.29, 1.82) is 0 Å². The van der Waals surface area contributed by atoms with Gasteiger partial charge in [0.05, 0.1) is 10.6 Å². The number of anilines is 2. The lowest BCUT2D eigenvalue weighted by molar-refractivity contribution is -0.384. The van der Waals surface area contributed by atoms with Gasteiger partial charge in [-0.1, -0.05) is 25.1 Å². The molecule has 2 aromatic rings.